The molecule has 0 fully saturated rings. The maximum Gasteiger partial charge on any atom is 0.511 e. The predicted octanol–water partition coefficient (Wildman–Crippen LogP) is 3.90. The summed E-state index contributed by atoms with van der Waals surface area (Å²) in [6.45, 7) is 8.12. The van der Waals surface area contributed by atoms with Gasteiger partial charge in [0.05, 0.1) is 0 Å². The van der Waals surface area contributed by atoms with Gasteiger partial charge in [0.2, 0.25) is 0 Å². The van der Waals surface area contributed by atoms with E-state index in [1.54, 1.807) is 4.72 Å². The lowest BCUT2D eigenvalue weighted by molar-refractivity contribution is -0.0447. The Morgan fingerprint density at radius 1 is 1.00 bits per heavy atom. The van der Waals surface area contributed by atoms with Crippen LogP contribution < -0.4 is 4.72 Å². The van der Waals surface area contributed by atoms with Crippen LogP contribution in [0.3, 0.4) is 0 Å². The number of alkyl halides is 3. The van der Waals surface area contributed by atoms with Crippen molar-refractivity contribution in [2.45, 2.75) is 52.5 Å². The molecule has 0 unspecified atom stereocenters. The second kappa shape index (κ2) is 6.52. The Morgan fingerprint density at radius 3 is 1.90 bits per heavy atom. The molecule has 7 heteroatoms. The molecule has 21 heavy (non-hydrogen) atoms. The van der Waals surface area contributed by atoms with Gasteiger partial charge in [-0.05, 0) is 51.7 Å². The normalized spacial score (nSPS) is 18.0. The summed E-state index contributed by atoms with van der Waals surface area (Å²) in [6.07, 6.45) is 1.91. The minimum absolute atomic E-state index is 0.182. The molecule has 0 aromatic heterocycles. The predicted molar refractivity (Wildman–Crippen MR) is 77.1 cm³/mol. The summed E-state index contributed by atoms with van der Waals surface area (Å²) < 4.78 is 59.6. The van der Waals surface area contributed by atoms with Gasteiger partial charge in [-0.15, -0.1) is 0 Å². The molecule has 0 saturated carbocycles. The highest BCUT2D eigenvalue weighted by molar-refractivity contribution is 7.90. The van der Waals surface area contributed by atoms with Crippen molar-refractivity contribution in [1.82, 2.24) is 4.72 Å². The Morgan fingerprint density at radius 2 is 1.48 bits per heavy atom. The molecule has 0 spiro atoms. The van der Waals surface area contributed by atoms with Gasteiger partial charge in [0.15, 0.2) is 0 Å². The minimum atomic E-state index is -5.23. The fraction of sp³-hybridized carbons (Fsp3) is 0.714. The molecule has 1 aliphatic rings. The molecule has 0 bridgehead atoms. The molecule has 0 aromatic carbocycles. The average Bonchev–Trinajstić information content (AvgIpc) is 2.54. The molecule has 1 N–H and O–H groups in total. The van der Waals surface area contributed by atoms with Crippen LogP contribution in [-0.2, 0) is 10.0 Å². The van der Waals surface area contributed by atoms with Crippen LogP contribution in [-0.4, -0.2) is 20.5 Å². The maximum atomic E-state index is 12.1. The first-order valence-corrected chi connectivity index (χ1v) is 8.38. The molecule has 0 heterocycles. The van der Waals surface area contributed by atoms with E-state index in [4.69, 9.17) is 0 Å². The molecule has 3 nitrogen and oxygen atoms in total. The zero-order chi connectivity index (χ0) is 16.4. The smallest absolute Gasteiger partial charge is 0.207 e. The van der Waals surface area contributed by atoms with Crippen LogP contribution in [0.4, 0.5) is 13.2 Å². The number of rotatable bonds is 6. The highest BCUT2D eigenvalue weighted by Gasteiger charge is 2.45. The van der Waals surface area contributed by atoms with E-state index in [9.17, 15) is 21.6 Å². The van der Waals surface area contributed by atoms with Gasteiger partial charge in [0.25, 0.3) is 0 Å². The fourth-order valence-corrected chi connectivity index (χ4v) is 3.21. The SMILES string of the molecule is CC1=C(C)C(CCCCNS(=O)(=O)C(F)(F)F)C(C)=C1C. The average molecular weight is 325 g/mol. The van der Waals surface area contributed by atoms with Crippen LogP contribution in [0.1, 0.15) is 47.0 Å². The van der Waals surface area contributed by atoms with Gasteiger partial charge in [-0.2, -0.15) is 13.2 Å². The van der Waals surface area contributed by atoms with E-state index in [0.29, 0.717) is 18.8 Å². The summed E-state index contributed by atoms with van der Waals surface area (Å²) in [6, 6.07) is 0. The van der Waals surface area contributed by atoms with E-state index >= 15 is 0 Å². The van der Waals surface area contributed by atoms with E-state index < -0.39 is 15.5 Å². The summed E-state index contributed by atoms with van der Waals surface area (Å²) in [7, 11) is -5.20. The zero-order valence-corrected chi connectivity index (χ0v) is 13.6. The Bertz CT molecular complexity index is 535. The standard InChI is InChI=1S/C14H22F3NO2S/c1-9-10(2)12(4)13(11(9)3)7-5-6-8-18-21(19,20)14(15,16)17/h13,18H,5-8H2,1-4H3. The first-order valence-electron chi connectivity index (χ1n) is 6.90. The Labute approximate surface area is 124 Å². The quantitative estimate of drug-likeness (QED) is 0.753. The molecule has 1 aliphatic carbocycles. The van der Waals surface area contributed by atoms with Crippen molar-refractivity contribution < 1.29 is 21.6 Å². The molecule has 0 amide bonds. The number of unbranched alkanes of at least 4 members (excludes halogenated alkanes) is 1. The highest BCUT2D eigenvalue weighted by Crippen LogP contribution is 2.39. The Kier molecular flexibility index (Phi) is 5.66. The van der Waals surface area contributed by atoms with Gasteiger partial charge in [0, 0.05) is 12.5 Å². The van der Waals surface area contributed by atoms with Crippen molar-refractivity contribution in [3.8, 4) is 0 Å². The van der Waals surface area contributed by atoms with Crippen molar-refractivity contribution in [2.75, 3.05) is 6.54 Å². The highest BCUT2D eigenvalue weighted by atomic mass is 32.2. The van der Waals surface area contributed by atoms with Gasteiger partial charge >= 0.3 is 15.5 Å². The van der Waals surface area contributed by atoms with Crippen LogP contribution in [0.15, 0.2) is 22.3 Å². The van der Waals surface area contributed by atoms with Crippen LogP contribution in [0, 0.1) is 5.92 Å². The second-order valence-electron chi connectivity index (χ2n) is 5.51. The summed E-state index contributed by atoms with van der Waals surface area (Å²) >= 11 is 0. The van der Waals surface area contributed by atoms with Crippen molar-refractivity contribution in [1.29, 1.82) is 0 Å². The lowest BCUT2D eigenvalue weighted by Crippen LogP contribution is -2.36. The molecule has 122 valence electrons. The summed E-state index contributed by atoms with van der Waals surface area (Å²) in [4.78, 5) is 0. The van der Waals surface area contributed by atoms with Crippen molar-refractivity contribution in [3.05, 3.63) is 22.3 Å². The molecular weight excluding hydrogens is 303 g/mol. The van der Waals surface area contributed by atoms with Gasteiger partial charge in [-0.25, -0.2) is 13.1 Å². The van der Waals surface area contributed by atoms with Crippen LogP contribution in [0.25, 0.3) is 0 Å². The molecule has 0 aliphatic heterocycles. The third-order valence-corrected chi connectivity index (χ3v) is 5.50. The number of hydrogen-bond donors (Lipinski definition) is 1. The molecular formula is C14H22F3NO2S. The lowest BCUT2D eigenvalue weighted by atomic mass is 9.91. The monoisotopic (exact) mass is 325 g/mol. The molecule has 1 rings (SSSR count). The van der Waals surface area contributed by atoms with Gasteiger partial charge in [-0.3, -0.25) is 0 Å². The van der Waals surface area contributed by atoms with E-state index in [1.807, 2.05) is 0 Å². The first-order chi connectivity index (χ1) is 9.49. The third kappa shape index (κ3) is 4.10. The van der Waals surface area contributed by atoms with Crippen molar-refractivity contribution in [2.24, 2.45) is 5.92 Å². The third-order valence-electron chi connectivity index (χ3n) is 4.31. The topological polar surface area (TPSA) is 46.2 Å². The number of halogens is 3. The van der Waals surface area contributed by atoms with Crippen LogP contribution >= 0.6 is 0 Å². The fourth-order valence-electron chi connectivity index (χ4n) is 2.63. The van der Waals surface area contributed by atoms with Crippen molar-refractivity contribution in [3.63, 3.8) is 0 Å². The molecule has 0 saturated heterocycles. The summed E-state index contributed by atoms with van der Waals surface area (Å²) in [5.41, 5.74) is -0.0435. The summed E-state index contributed by atoms with van der Waals surface area (Å²) in [5, 5.41) is 0. The van der Waals surface area contributed by atoms with E-state index in [0.717, 1.165) is 6.42 Å². The molecule has 0 aromatic rings. The lowest BCUT2D eigenvalue weighted by Gasteiger charge is -2.15. The van der Waals surface area contributed by atoms with Crippen LogP contribution in [0.5, 0.6) is 0 Å². The van der Waals surface area contributed by atoms with E-state index in [2.05, 4.69) is 27.7 Å². The van der Waals surface area contributed by atoms with Gasteiger partial charge in [-0.1, -0.05) is 17.6 Å². The van der Waals surface area contributed by atoms with Crippen molar-refractivity contribution >= 4 is 10.0 Å². The van der Waals surface area contributed by atoms with Gasteiger partial charge in [0.1, 0.15) is 0 Å². The molecule has 0 radical (unpaired) electrons. The van der Waals surface area contributed by atoms with Crippen LogP contribution in [0.2, 0.25) is 0 Å². The largest absolute Gasteiger partial charge is 0.511 e. The number of hydrogen-bond acceptors (Lipinski definition) is 2. The van der Waals surface area contributed by atoms with E-state index in [-0.39, 0.29) is 6.54 Å². The Hall–Kier alpha value is -0.820. The van der Waals surface area contributed by atoms with Gasteiger partial charge < -0.3 is 0 Å². The maximum absolute atomic E-state index is 12.1. The zero-order valence-electron chi connectivity index (χ0n) is 12.8. The van der Waals surface area contributed by atoms with E-state index in [1.165, 1.54) is 22.3 Å². The number of nitrogens with one attached hydrogen (secondary N) is 1. The minimum Gasteiger partial charge on any atom is -0.207 e. The number of allylic oxidation sites excluding steroid dienone is 4. The summed E-state index contributed by atoms with van der Waals surface area (Å²) in [5.74, 6) is 0.337. The first kappa shape index (κ1) is 18.2. The Balaban J connectivity index is 2.41. The molecule has 0 atom stereocenters. The second-order valence-corrected chi connectivity index (χ2v) is 7.27. The number of sulfonamides is 1.